The molecule has 2 aromatic carbocycles. The number of nitrogens with one attached hydrogen (secondary N) is 1. The van der Waals surface area contributed by atoms with Gasteiger partial charge in [0.25, 0.3) is 0 Å². The number of amides is 3. The normalized spacial score (nSPS) is 18.2. The first-order chi connectivity index (χ1) is 14.7. The highest BCUT2D eigenvalue weighted by molar-refractivity contribution is 5.94. The van der Waals surface area contributed by atoms with Crippen molar-refractivity contribution in [2.75, 3.05) is 38.3 Å². The van der Waals surface area contributed by atoms with Crippen LogP contribution in [0, 0.1) is 5.92 Å². The third-order valence-corrected chi connectivity index (χ3v) is 5.65. The summed E-state index contributed by atoms with van der Waals surface area (Å²) in [5.41, 5.74) is 1.80. The van der Waals surface area contributed by atoms with Gasteiger partial charge in [-0.15, -0.1) is 0 Å². The lowest BCUT2D eigenvalue weighted by Crippen LogP contribution is -2.52. The van der Waals surface area contributed by atoms with Crippen LogP contribution in [0.1, 0.15) is 18.4 Å². The highest BCUT2D eigenvalue weighted by Crippen LogP contribution is 2.32. The molecule has 2 aromatic rings. The number of urea groups is 1. The molecule has 0 spiro atoms. The molecule has 0 aliphatic carbocycles. The van der Waals surface area contributed by atoms with Crippen LogP contribution in [0.5, 0.6) is 11.5 Å². The lowest BCUT2D eigenvalue weighted by atomic mass is 9.97. The number of fused-ring (bicyclic) bond motifs is 1. The second kappa shape index (κ2) is 9.07. The van der Waals surface area contributed by atoms with Crippen LogP contribution in [0.2, 0.25) is 0 Å². The summed E-state index contributed by atoms with van der Waals surface area (Å²) in [6.07, 6.45) is 1.61. The van der Waals surface area contributed by atoms with Gasteiger partial charge in [-0.2, -0.15) is 0 Å². The Hall–Kier alpha value is -3.22. The lowest BCUT2D eigenvalue weighted by Gasteiger charge is -2.37. The van der Waals surface area contributed by atoms with E-state index < -0.39 is 0 Å². The predicted octanol–water partition coefficient (Wildman–Crippen LogP) is 3.04. The van der Waals surface area contributed by atoms with E-state index in [9.17, 15) is 9.59 Å². The zero-order chi connectivity index (χ0) is 20.9. The van der Waals surface area contributed by atoms with Gasteiger partial charge >= 0.3 is 6.03 Å². The first-order valence-electron chi connectivity index (χ1n) is 10.3. The van der Waals surface area contributed by atoms with Crippen molar-refractivity contribution < 1.29 is 19.1 Å². The summed E-state index contributed by atoms with van der Waals surface area (Å²) < 4.78 is 10.8. The maximum absolute atomic E-state index is 13.2. The fourth-order valence-corrected chi connectivity index (χ4v) is 3.98. The van der Waals surface area contributed by atoms with Crippen molar-refractivity contribution >= 4 is 17.6 Å². The molecule has 1 fully saturated rings. The molecule has 1 atom stereocenters. The maximum atomic E-state index is 13.2. The van der Waals surface area contributed by atoms with Gasteiger partial charge in [0.1, 0.15) is 18.1 Å². The number of para-hydroxylation sites is 2. The largest absolute Gasteiger partial charge is 0.497 e. The van der Waals surface area contributed by atoms with E-state index in [-0.39, 0.29) is 17.9 Å². The second-order valence-corrected chi connectivity index (χ2v) is 7.60. The van der Waals surface area contributed by atoms with Gasteiger partial charge in [0.05, 0.1) is 25.3 Å². The van der Waals surface area contributed by atoms with E-state index in [0.29, 0.717) is 32.8 Å². The Labute approximate surface area is 176 Å². The summed E-state index contributed by atoms with van der Waals surface area (Å²) in [5.74, 6) is 1.31. The first-order valence-corrected chi connectivity index (χ1v) is 10.3. The molecular formula is C23H27N3O4. The van der Waals surface area contributed by atoms with Crippen molar-refractivity contribution in [2.45, 2.75) is 19.4 Å². The molecule has 0 aromatic heterocycles. The van der Waals surface area contributed by atoms with E-state index in [1.165, 1.54) is 0 Å². The number of carbonyl (C=O) groups is 2. The third-order valence-electron chi connectivity index (χ3n) is 5.65. The summed E-state index contributed by atoms with van der Waals surface area (Å²) >= 11 is 0. The fourth-order valence-electron chi connectivity index (χ4n) is 3.98. The number of ether oxygens (including phenoxy) is 2. The SMILES string of the molecule is COc1ccc(CNC(=O)[C@H]2CCCN(C(=O)N3CCOc4ccccc43)C2)cc1. The molecule has 1 N–H and O–H groups in total. The van der Waals surface area contributed by atoms with Crippen molar-refractivity contribution in [3.8, 4) is 11.5 Å². The highest BCUT2D eigenvalue weighted by Gasteiger charge is 2.33. The minimum atomic E-state index is -0.197. The molecule has 0 radical (unpaired) electrons. The number of likely N-dealkylation sites (tertiary alicyclic amines) is 1. The molecule has 2 heterocycles. The Morgan fingerprint density at radius 3 is 2.73 bits per heavy atom. The molecule has 2 aliphatic rings. The average molecular weight is 409 g/mol. The van der Waals surface area contributed by atoms with Crippen LogP contribution < -0.4 is 19.7 Å². The lowest BCUT2D eigenvalue weighted by molar-refractivity contribution is -0.126. The number of piperidine rings is 1. The molecule has 30 heavy (non-hydrogen) atoms. The standard InChI is InChI=1S/C23H27N3O4/c1-29-19-10-8-17(9-11-19)15-24-22(27)18-5-4-12-25(16-18)23(28)26-13-14-30-21-7-3-2-6-20(21)26/h2-3,6-11,18H,4-5,12-16H2,1H3,(H,24,27)/t18-/m0/s1. The number of rotatable bonds is 4. The highest BCUT2D eigenvalue weighted by atomic mass is 16.5. The maximum Gasteiger partial charge on any atom is 0.324 e. The molecule has 3 amide bonds. The monoisotopic (exact) mass is 409 g/mol. The number of hydrogen-bond donors (Lipinski definition) is 1. The van der Waals surface area contributed by atoms with E-state index in [0.717, 1.165) is 35.6 Å². The third kappa shape index (κ3) is 4.35. The molecule has 4 rings (SSSR count). The Bertz CT molecular complexity index is 900. The molecule has 158 valence electrons. The van der Waals surface area contributed by atoms with Gasteiger partial charge in [-0.3, -0.25) is 9.69 Å². The van der Waals surface area contributed by atoms with E-state index in [2.05, 4.69) is 5.32 Å². The van der Waals surface area contributed by atoms with Crippen LogP contribution in [-0.4, -0.2) is 50.2 Å². The minimum Gasteiger partial charge on any atom is -0.497 e. The quantitative estimate of drug-likeness (QED) is 0.843. The second-order valence-electron chi connectivity index (χ2n) is 7.60. The smallest absolute Gasteiger partial charge is 0.324 e. The van der Waals surface area contributed by atoms with Crippen molar-refractivity contribution in [3.05, 3.63) is 54.1 Å². The molecule has 0 bridgehead atoms. The summed E-state index contributed by atoms with van der Waals surface area (Å²) in [4.78, 5) is 29.5. The van der Waals surface area contributed by atoms with Gasteiger partial charge in [-0.05, 0) is 42.7 Å². The average Bonchev–Trinajstić information content (AvgIpc) is 2.82. The number of hydrogen-bond acceptors (Lipinski definition) is 4. The fraction of sp³-hybridized carbons (Fsp3) is 0.391. The molecule has 7 nitrogen and oxygen atoms in total. The van der Waals surface area contributed by atoms with Crippen LogP contribution in [0.25, 0.3) is 0 Å². The number of nitrogens with zero attached hydrogens (tertiary/aromatic N) is 2. The summed E-state index contributed by atoms with van der Waals surface area (Å²) in [7, 11) is 1.63. The van der Waals surface area contributed by atoms with Crippen molar-refractivity contribution in [1.82, 2.24) is 10.2 Å². The van der Waals surface area contributed by atoms with Gasteiger partial charge in [-0.1, -0.05) is 24.3 Å². The zero-order valence-corrected chi connectivity index (χ0v) is 17.2. The van der Waals surface area contributed by atoms with Crippen molar-refractivity contribution in [3.63, 3.8) is 0 Å². The van der Waals surface area contributed by atoms with Gasteiger partial charge < -0.3 is 19.7 Å². The van der Waals surface area contributed by atoms with Crippen LogP contribution in [0.3, 0.4) is 0 Å². The van der Waals surface area contributed by atoms with Crippen molar-refractivity contribution in [1.29, 1.82) is 0 Å². The Kier molecular flexibility index (Phi) is 6.07. The summed E-state index contributed by atoms with van der Waals surface area (Å²) in [6.45, 7) is 2.56. The van der Waals surface area contributed by atoms with Gasteiger partial charge in [0, 0.05) is 19.6 Å². The van der Waals surface area contributed by atoms with E-state index >= 15 is 0 Å². The molecule has 0 saturated carbocycles. The topological polar surface area (TPSA) is 71.1 Å². The van der Waals surface area contributed by atoms with E-state index in [1.54, 1.807) is 16.9 Å². The minimum absolute atomic E-state index is 0.00862. The summed E-state index contributed by atoms with van der Waals surface area (Å²) in [6, 6.07) is 15.1. The number of anilines is 1. The molecule has 7 heteroatoms. The molecule has 1 saturated heterocycles. The van der Waals surface area contributed by atoms with Crippen LogP contribution in [0.15, 0.2) is 48.5 Å². The molecular weight excluding hydrogens is 382 g/mol. The Morgan fingerprint density at radius 2 is 1.93 bits per heavy atom. The van der Waals surface area contributed by atoms with Gasteiger partial charge in [0.2, 0.25) is 5.91 Å². The number of benzene rings is 2. The molecule has 0 unspecified atom stereocenters. The van der Waals surface area contributed by atoms with Gasteiger partial charge in [-0.25, -0.2) is 4.79 Å². The molecule has 2 aliphatic heterocycles. The Balaban J connectivity index is 1.36. The van der Waals surface area contributed by atoms with Crippen LogP contribution in [0.4, 0.5) is 10.5 Å². The van der Waals surface area contributed by atoms with Gasteiger partial charge in [0.15, 0.2) is 0 Å². The van der Waals surface area contributed by atoms with Crippen LogP contribution >= 0.6 is 0 Å². The van der Waals surface area contributed by atoms with E-state index in [4.69, 9.17) is 9.47 Å². The van der Waals surface area contributed by atoms with Crippen molar-refractivity contribution in [2.24, 2.45) is 5.92 Å². The van der Waals surface area contributed by atoms with E-state index in [1.807, 2.05) is 48.5 Å². The van der Waals surface area contributed by atoms with Crippen LogP contribution in [-0.2, 0) is 11.3 Å². The first kappa shape index (κ1) is 20.1. The Morgan fingerprint density at radius 1 is 1.13 bits per heavy atom. The zero-order valence-electron chi connectivity index (χ0n) is 17.2. The number of methoxy groups -OCH3 is 1. The number of carbonyl (C=O) groups excluding carboxylic acids is 2. The predicted molar refractivity (Wildman–Crippen MR) is 114 cm³/mol. The summed E-state index contributed by atoms with van der Waals surface area (Å²) in [5, 5.41) is 3.01.